The summed E-state index contributed by atoms with van der Waals surface area (Å²) < 4.78 is 5.14. The van der Waals surface area contributed by atoms with E-state index >= 15 is 0 Å². The second-order valence-electron chi connectivity index (χ2n) is 6.79. The van der Waals surface area contributed by atoms with Gasteiger partial charge in [-0.25, -0.2) is 4.79 Å². The van der Waals surface area contributed by atoms with Crippen molar-refractivity contribution in [1.82, 2.24) is 4.90 Å². The summed E-state index contributed by atoms with van der Waals surface area (Å²) in [5.74, 6) is 0.0641. The van der Waals surface area contributed by atoms with Gasteiger partial charge < -0.3 is 15.0 Å². The molecule has 0 aliphatic carbocycles. The molecule has 3 rings (SSSR count). The molecule has 2 aliphatic heterocycles. The van der Waals surface area contributed by atoms with Gasteiger partial charge in [-0.3, -0.25) is 9.59 Å². The third-order valence-corrected chi connectivity index (χ3v) is 5.98. The maximum atomic E-state index is 12.6. The van der Waals surface area contributed by atoms with Gasteiger partial charge in [0.1, 0.15) is 6.04 Å². The minimum absolute atomic E-state index is 0.0411. The highest BCUT2D eigenvalue weighted by molar-refractivity contribution is 8.01. The summed E-state index contributed by atoms with van der Waals surface area (Å²) in [5, 5.41) is 2.84. The molecule has 0 bridgehead atoms. The van der Waals surface area contributed by atoms with Gasteiger partial charge in [-0.05, 0) is 51.5 Å². The number of benzene rings is 1. The second kappa shape index (κ2) is 6.71. The van der Waals surface area contributed by atoms with Crippen LogP contribution in [-0.4, -0.2) is 45.5 Å². The lowest BCUT2D eigenvalue weighted by Gasteiger charge is -2.29. The van der Waals surface area contributed by atoms with Crippen molar-refractivity contribution in [3.63, 3.8) is 0 Å². The number of thioether (sulfide) groups is 1. The zero-order valence-corrected chi connectivity index (χ0v) is 15.4. The molecule has 2 heterocycles. The fraction of sp³-hybridized carbons (Fsp3) is 0.500. The minimum atomic E-state index is -0.449. The fourth-order valence-corrected chi connectivity index (χ4v) is 4.64. The van der Waals surface area contributed by atoms with E-state index in [0.29, 0.717) is 23.4 Å². The number of carbonyl (C=O) groups excluding carboxylic acids is 3. The van der Waals surface area contributed by atoms with Crippen LogP contribution in [0, 0.1) is 0 Å². The summed E-state index contributed by atoms with van der Waals surface area (Å²) in [6.45, 7) is 5.60. The van der Waals surface area contributed by atoms with Gasteiger partial charge in [-0.2, -0.15) is 0 Å². The molecule has 1 N–H and O–H groups in total. The topological polar surface area (TPSA) is 75.7 Å². The number of ether oxygens (including phenoxy) is 1. The molecule has 1 aromatic rings. The number of carbonyl (C=O) groups is 3. The van der Waals surface area contributed by atoms with E-state index in [-0.39, 0.29) is 22.8 Å². The standard InChI is InChI=1S/C18H22N2O4S/c1-11(2)24-17(23)12-4-6-13(7-5-12)19-16(22)14-10-25-18(3)9-8-15(21)20(14)18/h4-7,11,14H,8-10H2,1-3H3,(H,19,22)/t14-,18-/m0/s1. The molecule has 0 unspecified atom stereocenters. The number of fused-ring (bicyclic) bond motifs is 1. The molecule has 7 heteroatoms. The number of anilines is 1. The Morgan fingerprint density at radius 2 is 2.00 bits per heavy atom. The Kier molecular flexibility index (Phi) is 4.77. The number of amides is 2. The second-order valence-corrected chi connectivity index (χ2v) is 8.29. The first-order valence-electron chi connectivity index (χ1n) is 8.38. The average molecular weight is 362 g/mol. The van der Waals surface area contributed by atoms with E-state index in [2.05, 4.69) is 5.32 Å². The molecular weight excluding hydrogens is 340 g/mol. The smallest absolute Gasteiger partial charge is 0.338 e. The van der Waals surface area contributed by atoms with E-state index in [1.54, 1.807) is 54.8 Å². The summed E-state index contributed by atoms with van der Waals surface area (Å²) in [6, 6.07) is 6.13. The molecule has 2 atom stereocenters. The molecule has 1 aromatic carbocycles. The molecule has 0 saturated carbocycles. The average Bonchev–Trinajstić information content (AvgIpc) is 3.04. The number of hydrogen-bond acceptors (Lipinski definition) is 5. The first-order valence-corrected chi connectivity index (χ1v) is 9.37. The molecule has 6 nitrogen and oxygen atoms in total. The number of hydrogen-bond donors (Lipinski definition) is 1. The van der Waals surface area contributed by atoms with Crippen molar-refractivity contribution >= 4 is 35.2 Å². The highest BCUT2D eigenvalue weighted by Gasteiger charge is 2.52. The van der Waals surface area contributed by atoms with Crippen molar-refractivity contribution in [2.45, 2.75) is 50.6 Å². The highest BCUT2D eigenvalue weighted by Crippen LogP contribution is 2.47. The van der Waals surface area contributed by atoms with E-state index in [1.165, 1.54) is 0 Å². The largest absolute Gasteiger partial charge is 0.459 e. The summed E-state index contributed by atoms with van der Waals surface area (Å²) in [4.78, 5) is 38.0. The molecular formula is C18H22N2O4S. The molecule has 2 aliphatic rings. The molecule has 25 heavy (non-hydrogen) atoms. The van der Waals surface area contributed by atoms with Crippen molar-refractivity contribution in [3.05, 3.63) is 29.8 Å². The van der Waals surface area contributed by atoms with Crippen LogP contribution in [0.2, 0.25) is 0 Å². The molecule has 2 amide bonds. The number of nitrogens with one attached hydrogen (secondary N) is 1. The van der Waals surface area contributed by atoms with Crippen molar-refractivity contribution in [1.29, 1.82) is 0 Å². The lowest BCUT2D eigenvalue weighted by Crippen LogP contribution is -2.48. The Balaban J connectivity index is 1.66. The van der Waals surface area contributed by atoms with Crippen molar-refractivity contribution in [2.75, 3.05) is 11.1 Å². The normalized spacial score (nSPS) is 25.2. The predicted molar refractivity (Wildman–Crippen MR) is 96.4 cm³/mol. The maximum absolute atomic E-state index is 12.6. The van der Waals surface area contributed by atoms with Crippen LogP contribution in [0.1, 0.15) is 44.0 Å². The van der Waals surface area contributed by atoms with Crippen LogP contribution >= 0.6 is 11.8 Å². The Labute approximate surface area is 151 Å². The van der Waals surface area contributed by atoms with Crippen LogP contribution in [0.15, 0.2) is 24.3 Å². The van der Waals surface area contributed by atoms with E-state index in [1.807, 2.05) is 6.92 Å². The molecule has 134 valence electrons. The van der Waals surface area contributed by atoms with Gasteiger partial charge in [-0.15, -0.1) is 11.8 Å². The van der Waals surface area contributed by atoms with Crippen LogP contribution in [0.5, 0.6) is 0 Å². The van der Waals surface area contributed by atoms with Crippen LogP contribution in [0.3, 0.4) is 0 Å². The zero-order valence-electron chi connectivity index (χ0n) is 14.6. The Morgan fingerprint density at radius 3 is 2.64 bits per heavy atom. The SMILES string of the molecule is CC(C)OC(=O)c1ccc(NC(=O)[C@@H]2CS[C@@]3(C)CCC(=O)N23)cc1. The third-order valence-electron chi connectivity index (χ3n) is 4.48. The van der Waals surface area contributed by atoms with E-state index in [0.717, 1.165) is 6.42 Å². The fourth-order valence-electron chi connectivity index (χ4n) is 3.21. The quantitative estimate of drug-likeness (QED) is 0.834. The predicted octanol–water partition coefficient (Wildman–Crippen LogP) is 2.64. The van der Waals surface area contributed by atoms with Crippen molar-refractivity contribution in [3.8, 4) is 0 Å². The zero-order chi connectivity index (χ0) is 18.2. The Morgan fingerprint density at radius 1 is 1.32 bits per heavy atom. The molecule has 0 aromatic heterocycles. The van der Waals surface area contributed by atoms with Crippen molar-refractivity contribution < 1.29 is 19.1 Å². The Bertz CT molecular complexity index is 704. The van der Waals surface area contributed by atoms with Gasteiger partial charge in [0.25, 0.3) is 0 Å². The van der Waals surface area contributed by atoms with E-state index in [4.69, 9.17) is 4.74 Å². The summed E-state index contributed by atoms with van der Waals surface area (Å²) in [6.07, 6.45) is 1.10. The van der Waals surface area contributed by atoms with E-state index in [9.17, 15) is 14.4 Å². The number of nitrogens with zero attached hydrogens (tertiary/aromatic N) is 1. The molecule has 0 spiro atoms. The van der Waals surface area contributed by atoms with Gasteiger partial charge in [0.2, 0.25) is 11.8 Å². The summed E-state index contributed by atoms with van der Waals surface area (Å²) in [5.41, 5.74) is 1.03. The van der Waals surface area contributed by atoms with Gasteiger partial charge >= 0.3 is 5.97 Å². The first-order chi connectivity index (χ1) is 11.8. The van der Waals surface area contributed by atoms with Crippen LogP contribution in [0.4, 0.5) is 5.69 Å². The van der Waals surface area contributed by atoms with E-state index < -0.39 is 12.0 Å². The lowest BCUT2D eigenvalue weighted by molar-refractivity contribution is -0.135. The molecule has 2 saturated heterocycles. The summed E-state index contributed by atoms with van der Waals surface area (Å²) in [7, 11) is 0. The summed E-state index contributed by atoms with van der Waals surface area (Å²) >= 11 is 1.66. The van der Waals surface area contributed by atoms with Crippen LogP contribution in [0.25, 0.3) is 0 Å². The Hall–Kier alpha value is -2.02. The molecule has 2 fully saturated rings. The van der Waals surface area contributed by atoms with Gasteiger partial charge in [-0.1, -0.05) is 0 Å². The number of rotatable bonds is 4. The first kappa shape index (κ1) is 17.8. The highest BCUT2D eigenvalue weighted by atomic mass is 32.2. The van der Waals surface area contributed by atoms with Crippen LogP contribution < -0.4 is 5.32 Å². The lowest BCUT2D eigenvalue weighted by atomic mass is 10.2. The van der Waals surface area contributed by atoms with Gasteiger partial charge in [0.15, 0.2) is 0 Å². The number of esters is 1. The minimum Gasteiger partial charge on any atom is -0.459 e. The van der Waals surface area contributed by atoms with Crippen LogP contribution in [-0.2, 0) is 14.3 Å². The third kappa shape index (κ3) is 3.51. The van der Waals surface area contributed by atoms with Crippen molar-refractivity contribution in [2.24, 2.45) is 0 Å². The maximum Gasteiger partial charge on any atom is 0.338 e. The van der Waals surface area contributed by atoms with Gasteiger partial charge in [0.05, 0.1) is 16.5 Å². The van der Waals surface area contributed by atoms with Gasteiger partial charge in [0, 0.05) is 17.9 Å². The molecule has 0 radical (unpaired) electrons. The monoisotopic (exact) mass is 362 g/mol.